The third-order valence-electron chi connectivity index (χ3n) is 5.38. The van der Waals surface area contributed by atoms with E-state index in [2.05, 4.69) is 11.9 Å². The summed E-state index contributed by atoms with van der Waals surface area (Å²) >= 11 is -0.540. The highest BCUT2D eigenvalue weighted by molar-refractivity contribution is 14.1. The second kappa shape index (κ2) is 11.3. The maximum Gasteiger partial charge on any atom is 0.223 e. The fraction of sp³-hybridized carbons (Fsp3) is 0.375. The molecule has 3 rings (SSSR count). The molecule has 2 aromatic rings. The normalized spacial score (nSPS) is 13.8. The average molecular weight is 547 g/mol. The first-order valence-corrected chi connectivity index (χ1v) is 12.7. The molecule has 8 heteroatoms. The van der Waals surface area contributed by atoms with Gasteiger partial charge in [0.25, 0.3) is 0 Å². The molecule has 1 aliphatic heterocycles. The summed E-state index contributed by atoms with van der Waals surface area (Å²) in [7, 11) is 0. The average Bonchev–Trinajstić information content (AvgIpc) is 3.32. The molecule has 0 bridgehead atoms. The molecule has 0 aromatic heterocycles. The Labute approximate surface area is 199 Å². The molecule has 1 N–H and O–H groups in total. The maximum atomic E-state index is 12.8. The van der Waals surface area contributed by atoms with Gasteiger partial charge in [0.05, 0.1) is 12.0 Å². The number of nitrogens with zero attached hydrogens (tertiary/aromatic N) is 3. The summed E-state index contributed by atoms with van der Waals surface area (Å²) < 4.78 is 8.66. The van der Waals surface area contributed by atoms with Crippen LogP contribution < -0.4 is 10.5 Å². The van der Waals surface area contributed by atoms with Crippen LogP contribution in [0.1, 0.15) is 51.2 Å². The van der Waals surface area contributed by atoms with Crippen molar-refractivity contribution in [1.29, 1.82) is 0 Å². The van der Waals surface area contributed by atoms with Crippen LogP contribution >= 0.6 is 21.3 Å². The number of carbonyl (C=O) groups is 2. The van der Waals surface area contributed by atoms with Gasteiger partial charge < -0.3 is 14.8 Å². The molecule has 1 atom stereocenters. The molecule has 170 valence electrons. The number of nitrogens with one attached hydrogen (secondary N) is 1. The van der Waals surface area contributed by atoms with E-state index in [1.807, 2.05) is 55.5 Å². The molecular formula is C24H28IN4O3-. The van der Waals surface area contributed by atoms with Gasteiger partial charge in [-0.15, -0.1) is 3.25 Å². The van der Waals surface area contributed by atoms with E-state index >= 15 is 0 Å². The van der Waals surface area contributed by atoms with Crippen molar-refractivity contribution in [3.05, 3.63) is 59.7 Å². The van der Waals surface area contributed by atoms with E-state index in [0.29, 0.717) is 6.42 Å². The Hall–Kier alpha value is -2.62. The van der Waals surface area contributed by atoms with E-state index in [-0.39, 0.29) is 18.4 Å². The molecule has 7 nitrogen and oxygen atoms in total. The molecule has 0 saturated heterocycles. The van der Waals surface area contributed by atoms with E-state index in [9.17, 15) is 14.7 Å². The lowest BCUT2D eigenvalue weighted by atomic mass is 9.97. The van der Waals surface area contributed by atoms with E-state index in [1.165, 1.54) is 4.90 Å². The minimum absolute atomic E-state index is 0.151. The summed E-state index contributed by atoms with van der Waals surface area (Å²) in [5.41, 5.74) is 6.93. The molecular weight excluding hydrogens is 519 g/mol. The van der Waals surface area contributed by atoms with E-state index in [0.717, 1.165) is 40.9 Å². The van der Waals surface area contributed by atoms with Crippen LogP contribution in [0.2, 0.25) is 0 Å². The number of hydrogen-bond donors (Lipinski definition) is 1. The predicted molar refractivity (Wildman–Crippen MR) is 132 cm³/mol. The van der Waals surface area contributed by atoms with E-state index in [1.54, 1.807) is 13.8 Å². The molecule has 0 spiro atoms. The topological polar surface area (TPSA) is 97.2 Å². The van der Waals surface area contributed by atoms with Crippen molar-refractivity contribution in [1.82, 2.24) is 10.3 Å². The smallest absolute Gasteiger partial charge is 0.223 e. The molecule has 2 aromatic carbocycles. The van der Waals surface area contributed by atoms with Crippen LogP contribution in [0.15, 0.2) is 55.0 Å². The molecule has 0 fully saturated rings. The summed E-state index contributed by atoms with van der Waals surface area (Å²) in [6.45, 7) is 5.85. The monoisotopic (exact) mass is 547 g/mol. The third-order valence-corrected chi connectivity index (χ3v) is 6.54. The SMILES string of the molecule is CCCCC(=O)N(Cc1ccc(-c2ccccc2C2=NI=NN2)cc1)[C@H](C(=O)[O-])C(C)C. The second-order valence-electron chi connectivity index (χ2n) is 8.08. The number of amides is 1. The van der Waals surface area contributed by atoms with Gasteiger partial charge in [-0.25, -0.2) is 0 Å². The molecule has 32 heavy (non-hydrogen) atoms. The highest BCUT2D eigenvalue weighted by Gasteiger charge is 2.27. The zero-order chi connectivity index (χ0) is 23.1. The van der Waals surface area contributed by atoms with Crippen LogP contribution in [-0.4, -0.2) is 28.7 Å². The van der Waals surface area contributed by atoms with Gasteiger partial charge in [-0.05, 0) is 29.0 Å². The summed E-state index contributed by atoms with van der Waals surface area (Å²) in [6, 6.07) is 14.9. The van der Waals surface area contributed by atoms with E-state index < -0.39 is 33.3 Å². The van der Waals surface area contributed by atoms with Gasteiger partial charge >= 0.3 is 0 Å². The van der Waals surface area contributed by atoms with Gasteiger partial charge in [0.1, 0.15) is 0 Å². The number of hydrogen-bond acceptors (Lipinski definition) is 6. The van der Waals surface area contributed by atoms with Crippen LogP contribution in [0, 0.1) is 5.92 Å². The Morgan fingerprint density at radius 1 is 1.09 bits per heavy atom. The number of unbranched alkanes of at least 4 members (excludes halogenated alkanes) is 1. The molecule has 0 saturated carbocycles. The lowest BCUT2D eigenvalue weighted by Gasteiger charge is -2.35. The predicted octanol–water partition coefficient (Wildman–Crippen LogP) is 3.98. The van der Waals surface area contributed by atoms with Crippen molar-refractivity contribution in [2.24, 2.45) is 12.4 Å². The molecule has 0 radical (unpaired) electrons. The third kappa shape index (κ3) is 5.79. The zero-order valence-electron chi connectivity index (χ0n) is 18.5. The number of carboxylic acids is 1. The van der Waals surface area contributed by atoms with Crippen molar-refractivity contribution in [2.45, 2.75) is 52.6 Å². The van der Waals surface area contributed by atoms with Crippen molar-refractivity contribution in [2.75, 3.05) is 0 Å². The summed E-state index contributed by atoms with van der Waals surface area (Å²) in [5.74, 6) is -0.821. The Kier molecular flexibility index (Phi) is 8.49. The molecule has 0 unspecified atom stereocenters. The largest absolute Gasteiger partial charge is 0.548 e. The van der Waals surface area contributed by atoms with Gasteiger partial charge in [0, 0.05) is 18.5 Å². The number of carboxylic acid groups (broad SMARTS) is 1. The Balaban J connectivity index is 1.85. The van der Waals surface area contributed by atoms with Crippen molar-refractivity contribution >= 4 is 39.0 Å². The first kappa shape index (κ1) is 24.0. The quantitative estimate of drug-likeness (QED) is 0.455. The number of halogens is 1. The maximum absolute atomic E-state index is 12.8. The van der Waals surface area contributed by atoms with Crippen molar-refractivity contribution in [3.63, 3.8) is 0 Å². The van der Waals surface area contributed by atoms with Gasteiger partial charge in [-0.1, -0.05) is 75.7 Å². The van der Waals surface area contributed by atoms with Crippen LogP contribution in [-0.2, 0) is 16.1 Å². The number of aliphatic carboxylic acids is 1. The van der Waals surface area contributed by atoms with Gasteiger partial charge in [-0.3, -0.25) is 10.2 Å². The van der Waals surface area contributed by atoms with Crippen LogP contribution in [0.3, 0.4) is 0 Å². The molecule has 1 aliphatic rings. The number of amidine groups is 1. The summed E-state index contributed by atoms with van der Waals surface area (Å²) in [4.78, 5) is 26.1. The fourth-order valence-corrected chi connectivity index (χ4v) is 4.77. The Bertz CT molecular complexity index is 1020. The van der Waals surface area contributed by atoms with Gasteiger partial charge in [0.2, 0.25) is 5.91 Å². The highest BCUT2D eigenvalue weighted by atomic mass is 127. The van der Waals surface area contributed by atoms with Crippen molar-refractivity contribution < 1.29 is 14.7 Å². The summed E-state index contributed by atoms with van der Waals surface area (Å²) in [6.07, 6.45) is 1.94. The van der Waals surface area contributed by atoms with Crippen LogP contribution in [0.4, 0.5) is 0 Å². The minimum Gasteiger partial charge on any atom is -0.548 e. The second-order valence-corrected chi connectivity index (χ2v) is 9.48. The van der Waals surface area contributed by atoms with E-state index in [4.69, 9.17) is 0 Å². The molecule has 1 heterocycles. The number of rotatable bonds is 10. The standard InChI is InChI=1S/C24H29IN4O3/c1-4-5-10-21(30)29(22(16(2)3)24(31)32)15-17-11-13-18(14-12-17)19-8-6-7-9-20(19)23-26-25-28-27-23/h6-9,11-14,16,22H,4-5,10,15H2,1-3H3,(H,31,32)(H,26,27,28)/p-1/t22-/m0/s1. The lowest BCUT2D eigenvalue weighted by Crippen LogP contribution is -2.52. The van der Waals surface area contributed by atoms with Crippen molar-refractivity contribution in [3.8, 4) is 11.1 Å². The number of carbonyl (C=O) groups excluding carboxylic acids is 2. The lowest BCUT2D eigenvalue weighted by molar-refractivity contribution is -0.313. The highest BCUT2D eigenvalue weighted by Crippen LogP contribution is 2.27. The van der Waals surface area contributed by atoms with Crippen LogP contribution in [0.25, 0.3) is 11.1 Å². The van der Waals surface area contributed by atoms with Gasteiger partial charge in [-0.2, -0.15) is 3.21 Å². The number of benzene rings is 2. The Morgan fingerprint density at radius 2 is 1.78 bits per heavy atom. The Morgan fingerprint density at radius 3 is 2.34 bits per heavy atom. The van der Waals surface area contributed by atoms with Gasteiger partial charge in [0.15, 0.2) is 27.1 Å². The van der Waals surface area contributed by atoms with Crippen LogP contribution in [0.5, 0.6) is 0 Å². The first-order valence-electron chi connectivity index (χ1n) is 10.8. The first-order chi connectivity index (χ1) is 15.4. The minimum atomic E-state index is -1.21. The summed E-state index contributed by atoms with van der Waals surface area (Å²) in [5, 5.41) is 11.8. The fourth-order valence-electron chi connectivity index (χ4n) is 3.74. The molecule has 0 aliphatic carbocycles. The molecule has 1 amide bonds. The zero-order valence-corrected chi connectivity index (χ0v) is 20.7.